The van der Waals surface area contributed by atoms with Crippen molar-refractivity contribution in [2.45, 2.75) is 31.2 Å². The van der Waals surface area contributed by atoms with Crippen LogP contribution in [0.4, 0.5) is 16.2 Å². The molecule has 238 valence electrons. The molecule has 0 spiro atoms. The molecule has 0 radical (unpaired) electrons. The molecule has 1 fully saturated rings. The maximum Gasteiger partial charge on any atom is 0.410 e. The maximum absolute atomic E-state index is 13.6. The minimum Gasteiger partial charge on any atom is -0.458 e. The predicted molar refractivity (Wildman–Crippen MR) is 164 cm³/mol. The van der Waals surface area contributed by atoms with Crippen LogP contribution < -0.4 is 5.32 Å². The Labute approximate surface area is 263 Å². The van der Waals surface area contributed by atoms with E-state index in [4.69, 9.17) is 14.3 Å². The number of thioether (sulfide) groups is 1. The molecule has 1 heterocycles. The van der Waals surface area contributed by atoms with Gasteiger partial charge in [-0.25, -0.2) is 14.7 Å². The van der Waals surface area contributed by atoms with E-state index in [2.05, 4.69) is 18.5 Å². The molecule has 0 saturated carbocycles. The van der Waals surface area contributed by atoms with Crippen molar-refractivity contribution in [3.63, 3.8) is 0 Å². The fourth-order valence-electron chi connectivity index (χ4n) is 4.30. The number of nitro benzene ring substituents is 1. The molecule has 2 atom stereocenters. The van der Waals surface area contributed by atoms with Crippen molar-refractivity contribution >= 4 is 52.1 Å². The Bertz CT molecular complexity index is 1480. The van der Waals surface area contributed by atoms with E-state index in [1.54, 1.807) is 0 Å². The lowest BCUT2D eigenvalue weighted by Crippen LogP contribution is -2.43. The van der Waals surface area contributed by atoms with Crippen molar-refractivity contribution in [3.8, 4) is 0 Å². The molecule has 45 heavy (non-hydrogen) atoms. The molecule has 2 unspecified atom stereocenters. The summed E-state index contributed by atoms with van der Waals surface area (Å²) in [5.41, 5.74) is 0.398. The summed E-state index contributed by atoms with van der Waals surface area (Å²) in [5.74, 6) is -2.05. The first-order valence-electron chi connectivity index (χ1n) is 13.5. The van der Waals surface area contributed by atoms with Gasteiger partial charge >= 0.3 is 12.1 Å². The van der Waals surface area contributed by atoms with Gasteiger partial charge in [0.2, 0.25) is 5.91 Å². The number of non-ortho nitro benzene ring substituents is 1. The molecular weight excluding hydrogens is 608 g/mol. The average Bonchev–Trinajstić information content (AvgIpc) is 3.44. The first-order chi connectivity index (χ1) is 21.4. The highest BCUT2D eigenvalue weighted by molar-refractivity contribution is 8.14. The summed E-state index contributed by atoms with van der Waals surface area (Å²) < 4.78 is 10.5. The van der Waals surface area contributed by atoms with Gasteiger partial charge in [0, 0.05) is 49.1 Å². The van der Waals surface area contributed by atoms with Crippen molar-refractivity contribution in [2.24, 2.45) is 0 Å². The Balaban J connectivity index is 1.84. The van der Waals surface area contributed by atoms with Crippen LogP contribution in [0.3, 0.4) is 0 Å². The van der Waals surface area contributed by atoms with Crippen molar-refractivity contribution in [3.05, 3.63) is 94.6 Å². The number of carbonyl (C=O) groups excluding carboxylic acids is 5. The van der Waals surface area contributed by atoms with Crippen LogP contribution in [-0.2, 0) is 30.5 Å². The summed E-state index contributed by atoms with van der Waals surface area (Å²) in [4.78, 5) is 81.0. The van der Waals surface area contributed by atoms with Gasteiger partial charge in [-0.1, -0.05) is 30.5 Å². The number of anilines is 1. The number of ether oxygens (including phenoxy) is 2. The molecule has 0 aromatic heterocycles. The number of carbonyl (C=O) groups is 5. The third-order valence-corrected chi connectivity index (χ3v) is 7.34. The zero-order chi connectivity index (χ0) is 33.1. The number of hydrogen-bond acceptors (Lipinski definition) is 11. The van der Waals surface area contributed by atoms with Gasteiger partial charge in [-0.3, -0.25) is 34.2 Å². The molecule has 3 rings (SSSR count). The number of hydroxylamine groups is 2. The highest BCUT2D eigenvalue weighted by atomic mass is 32.2. The Morgan fingerprint density at radius 2 is 1.73 bits per heavy atom. The van der Waals surface area contributed by atoms with Crippen LogP contribution in [0.5, 0.6) is 0 Å². The summed E-state index contributed by atoms with van der Waals surface area (Å²) in [7, 11) is 1.37. The molecular formula is C30H32N4O10S. The van der Waals surface area contributed by atoms with E-state index in [9.17, 15) is 34.1 Å². The van der Waals surface area contributed by atoms with Crippen LogP contribution in [0.25, 0.3) is 0 Å². The second kappa shape index (κ2) is 16.2. The number of likely N-dealkylation sites (tertiary alicyclic amines) is 1. The summed E-state index contributed by atoms with van der Waals surface area (Å²) in [5, 5.41) is 13.9. The second-order valence-electron chi connectivity index (χ2n) is 9.68. The van der Waals surface area contributed by atoms with Crippen molar-refractivity contribution in [2.75, 3.05) is 32.1 Å². The number of nitrogens with one attached hydrogen (secondary N) is 1. The van der Waals surface area contributed by atoms with Gasteiger partial charge < -0.3 is 14.8 Å². The van der Waals surface area contributed by atoms with Gasteiger partial charge in [-0.15, -0.1) is 6.58 Å². The van der Waals surface area contributed by atoms with Crippen LogP contribution in [-0.4, -0.2) is 82.0 Å². The Hall–Kier alpha value is -5.02. The van der Waals surface area contributed by atoms with Gasteiger partial charge in [0.15, 0.2) is 5.12 Å². The molecule has 14 nitrogen and oxygen atoms in total. The number of esters is 1. The largest absolute Gasteiger partial charge is 0.458 e. The van der Waals surface area contributed by atoms with Crippen molar-refractivity contribution in [1.29, 1.82) is 0 Å². The minimum atomic E-state index is -1.07. The van der Waals surface area contributed by atoms with Crippen LogP contribution >= 0.6 is 11.8 Å². The first kappa shape index (κ1) is 34.5. The number of rotatable bonds is 13. The number of benzene rings is 2. The third-order valence-electron chi connectivity index (χ3n) is 6.33. The summed E-state index contributed by atoms with van der Waals surface area (Å²) in [6, 6.07) is 8.32. The molecule has 1 aliphatic rings. The number of nitro groups is 1. The quantitative estimate of drug-likeness (QED) is 0.144. The van der Waals surface area contributed by atoms with E-state index in [1.165, 1.54) is 73.5 Å². The lowest BCUT2D eigenvalue weighted by Gasteiger charge is -2.23. The van der Waals surface area contributed by atoms with E-state index in [1.807, 2.05) is 0 Å². The fraction of sp³-hybridized carbons (Fsp3) is 0.300. The van der Waals surface area contributed by atoms with E-state index in [0.717, 1.165) is 16.8 Å². The van der Waals surface area contributed by atoms with Crippen LogP contribution in [0.15, 0.2) is 67.8 Å². The molecule has 2 aromatic carbocycles. The van der Waals surface area contributed by atoms with Gasteiger partial charge in [-0.05, 0) is 42.3 Å². The van der Waals surface area contributed by atoms with Crippen molar-refractivity contribution in [1.82, 2.24) is 9.96 Å². The lowest BCUT2D eigenvalue weighted by molar-refractivity contribution is -0.384. The third kappa shape index (κ3) is 9.74. The molecule has 1 saturated heterocycles. The molecule has 1 N–H and O–H groups in total. The standard InChI is InChI=1S/C30H32N4O10S/c1-5-11-42-29(38)22-13-21(28(37)32(4)44-12-6-2)14-23(15-22)31-27(36)26-16-25(45-19(3)35)17-33(26)30(39)43-18-20-7-9-24(10-8-20)34(40)41/h5-10,13-15,25-26H,1-2,11-12,16-18H2,3-4H3,(H,31,36). The van der Waals surface area contributed by atoms with Gasteiger partial charge in [0.05, 0.1) is 17.1 Å². The SMILES string of the molecule is C=CCOC(=O)c1cc(NC(=O)C2CC(SC(C)=O)CN2C(=O)OCc2ccc([N+](=O)[O-])cc2)cc(C(=O)N(C)OCC=C)c1. The predicted octanol–water partition coefficient (Wildman–Crippen LogP) is 4.13. The fourth-order valence-corrected chi connectivity index (χ4v) is 5.28. The summed E-state index contributed by atoms with van der Waals surface area (Å²) >= 11 is 0.987. The highest BCUT2D eigenvalue weighted by Crippen LogP contribution is 2.30. The van der Waals surface area contributed by atoms with Crippen LogP contribution in [0.1, 0.15) is 39.6 Å². The highest BCUT2D eigenvalue weighted by Gasteiger charge is 2.41. The zero-order valence-corrected chi connectivity index (χ0v) is 25.4. The second-order valence-corrected chi connectivity index (χ2v) is 11.2. The topological polar surface area (TPSA) is 175 Å². The number of nitrogens with zero attached hydrogens (tertiary/aromatic N) is 3. The molecule has 2 aromatic rings. The smallest absolute Gasteiger partial charge is 0.410 e. The number of amides is 3. The minimum absolute atomic E-state index is 0.000660. The molecule has 0 bridgehead atoms. The Morgan fingerprint density at radius 3 is 2.36 bits per heavy atom. The van der Waals surface area contributed by atoms with Gasteiger partial charge in [0.1, 0.15) is 19.3 Å². The average molecular weight is 641 g/mol. The van der Waals surface area contributed by atoms with E-state index >= 15 is 0 Å². The summed E-state index contributed by atoms with van der Waals surface area (Å²) in [6.07, 6.45) is 2.10. The Kier molecular flexibility index (Phi) is 12.4. The van der Waals surface area contributed by atoms with Gasteiger partial charge in [0.25, 0.3) is 11.6 Å². The first-order valence-corrected chi connectivity index (χ1v) is 14.4. The van der Waals surface area contributed by atoms with E-state index in [-0.39, 0.29) is 60.4 Å². The molecule has 0 aliphatic carbocycles. The van der Waals surface area contributed by atoms with Crippen LogP contribution in [0.2, 0.25) is 0 Å². The monoisotopic (exact) mass is 640 g/mol. The maximum atomic E-state index is 13.6. The molecule has 1 aliphatic heterocycles. The molecule has 15 heteroatoms. The van der Waals surface area contributed by atoms with E-state index < -0.39 is 40.1 Å². The summed E-state index contributed by atoms with van der Waals surface area (Å²) in [6.45, 7) is 8.18. The van der Waals surface area contributed by atoms with Crippen LogP contribution in [0, 0.1) is 10.1 Å². The lowest BCUT2D eigenvalue weighted by atomic mass is 10.1. The van der Waals surface area contributed by atoms with Gasteiger partial charge in [-0.2, -0.15) is 0 Å². The number of hydrogen-bond donors (Lipinski definition) is 1. The zero-order valence-electron chi connectivity index (χ0n) is 24.6. The Morgan fingerprint density at radius 1 is 1.07 bits per heavy atom. The normalized spacial score (nSPS) is 15.5. The molecule has 3 amide bonds. The van der Waals surface area contributed by atoms with E-state index in [0.29, 0.717) is 5.56 Å². The van der Waals surface area contributed by atoms with Crippen molar-refractivity contribution < 1.29 is 43.2 Å².